The van der Waals surface area contributed by atoms with Crippen LogP contribution in [0, 0.1) is 23.6 Å². The average Bonchev–Trinajstić information content (AvgIpc) is 3.30. The van der Waals surface area contributed by atoms with Crippen LogP contribution < -0.4 is 4.90 Å². The number of β-amino-alcohol motifs (C(OH)–C–C–N with tert-alkyl or cyclic N) is 1. The van der Waals surface area contributed by atoms with Crippen LogP contribution in [-0.2, 0) is 4.74 Å². The van der Waals surface area contributed by atoms with Crippen LogP contribution in [0.5, 0.6) is 0 Å². The molecule has 2 saturated carbocycles. The zero-order valence-electron chi connectivity index (χ0n) is 16.2. The number of benzene rings is 1. The Morgan fingerprint density at radius 1 is 1.11 bits per heavy atom. The molecule has 2 aliphatic carbocycles. The van der Waals surface area contributed by atoms with Crippen LogP contribution in [0.1, 0.15) is 32.1 Å². The van der Waals surface area contributed by atoms with Gasteiger partial charge in [0.15, 0.2) is 0 Å². The molecule has 150 valence electrons. The monoisotopic (exact) mass is 376 g/mol. The first-order valence-corrected chi connectivity index (χ1v) is 10.7. The number of rotatable bonds is 8. The number of anilines is 1. The molecule has 1 heterocycles. The normalized spacial score (nSPS) is 29.4. The van der Waals surface area contributed by atoms with Crippen molar-refractivity contribution in [1.29, 1.82) is 0 Å². The van der Waals surface area contributed by atoms with Crippen molar-refractivity contribution < 1.29 is 14.2 Å². The molecule has 4 atom stereocenters. The summed E-state index contributed by atoms with van der Waals surface area (Å²) in [5.74, 6) is 2.66. The third-order valence-corrected chi connectivity index (χ3v) is 6.86. The lowest BCUT2D eigenvalue weighted by Crippen LogP contribution is -2.49. The highest BCUT2D eigenvalue weighted by atomic mass is 19.1. The molecule has 27 heavy (non-hydrogen) atoms. The maximum Gasteiger partial charge on any atom is 0.146 e. The minimum atomic E-state index is -0.440. The lowest BCUT2D eigenvalue weighted by atomic mass is 9.87. The molecule has 2 bridgehead atoms. The number of aliphatic hydroxyl groups is 1. The molecule has 0 unspecified atom stereocenters. The van der Waals surface area contributed by atoms with Gasteiger partial charge in [-0.2, -0.15) is 0 Å². The Balaban J connectivity index is 1.11. The molecule has 1 aromatic carbocycles. The Bertz CT molecular complexity index is 606. The van der Waals surface area contributed by atoms with E-state index in [1.807, 2.05) is 12.1 Å². The first-order valence-electron chi connectivity index (χ1n) is 10.7. The van der Waals surface area contributed by atoms with Crippen LogP contribution in [0.4, 0.5) is 10.1 Å². The van der Waals surface area contributed by atoms with Crippen LogP contribution in [0.2, 0.25) is 0 Å². The highest BCUT2D eigenvalue weighted by molar-refractivity contribution is 5.47. The summed E-state index contributed by atoms with van der Waals surface area (Å²) in [6.07, 6.45) is 6.46. The molecule has 0 radical (unpaired) electrons. The second-order valence-corrected chi connectivity index (χ2v) is 8.69. The van der Waals surface area contributed by atoms with Crippen LogP contribution in [0.3, 0.4) is 0 Å². The van der Waals surface area contributed by atoms with Crippen molar-refractivity contribution in [3.63, 3.8) is 0 Å². The van der Waals surface area contributed by atoms with E-state index >= 15 is 0 Å². The summed E-state index contributed by atoms with van der Waals surface area (Å²) in [5, 5.41) is 10.3. The summed E-state index contributed by atoms with van der Waals surface area (Å²) in [6, 6.07) is 6.95. The van der Waals surface area contributed by atoms with E-state index in [9.17, 15) is 9.50 Å². The number of halogens is 1. The van der Waals surface area contributed by atoms with Gasteiger partial charge in [0.2, 0.25) is 0 Å². The molecule has 4 rings (SSSR count). The highest BCUT2D eigenvalue weighted by Crippen LogP contribution is 2.49. The van der Waals surface area contributed by atoms with E-state index in [2.05, 4.69) is 9.80 Å². The SMILES string of the molecule is O[C@H](COCC[C@@H]1C[C@@H]2CC[C@@H]1C2)CN1CCN(c2ccccc2F)CC1. The molecular weight excluding hydrogens is 343 g/mol. The van der Waals surface area contributed by atoms with Gasteiger partial charge in [-0.1, -0.05) is 18.6 Å². The number of ether oxygens (including phenoxy) is 1. The van der Waals surface area contributed by atoms with E-state index in [0.717, 1.165) is 57.0 Å². The van der Waals surface area contributed by atoms with Crippen molar-refractivity contribution in [2.45, 2.75) is 38.2 Å². The number of piperazine rings is 1. The number of para-hydroxylation sites is 1. The molecule has 1 saturated heterocycles. The summed E-state index contributed by atoms with van der Waals surface area (Å²) in [7, 11) is 0. The van der Waals surface area contributed by atoms with Crippen molar-refractivity contribution in [3.05, 3.63) is 30.1 Å². The number of nitrogens with zero attached hydrogens (tertiary/aromatic N) is 2. The molecule has 0 amide bonds. The van der Waals surface area contributed by atoms with Crippen LogP contribution in [-0.4, -0.2) is 62.0 Å². The number of hydrogen-bond donors (Lipinski definition) is 1. The fourth-order valence-corrected chi connectivity index (χ4v) is 5.41. The van der Waals surface area contributed by atoms with Crippen LogP contribution >= 0.6 is 0 Å². The predicted molar refractivity (Wildman–Crippen MR) is 105 cm³/mol. The Hall–Kier alpha value is -1.17. The van der Waals surface area contributed by atoms with E-state index < -0.39 is 6.10 Å². The second kappa shape index (κ2) is 8.89. The van der Waals surface area contributed by atoms with Gasteiger partial charge in [-0.25, -0.2) is 4.39 Å². The Labute approximate surface area is 162 Å². The van der Waals surface area contributed by atoms with Gasteiger partial charge >= 0.3 is 0 Å². The molecule has 5 heteroatoms. The van der Waals surface area contributed by atoms with Gasteiger partial charge in [0.1, 0.15) is 5.82 Å². The first kappa shape index (κ1) is 19.2. The largest absolute Gasteiger partial charge is 0.389 e. The van der Waals surface area contributed by atoms with Gasteiger partial charge < -0.3 is 14.7 Å². The zero-order chi connectivity index (χ0) is 18.6. The molecule has 3 aliphatic rings. The number of fused-ring (bicyclic) bond motifs is 2. The average molecular weight is 377 g/mol. The minimum absolute atomic E-state index is 0.158. The third kappa shape index (κ3) is 4.82. The third-order valence-electron chi connectivity index (χ3n) is 6.86. The lowest BCUT2D eigenvalue weighted by Gasteiger charge is -2.37. The van der Waals surface area contributed by atoms with Gasteiger partial charge in [-0.15, -0.1) is 0 Å². The predicted octanol–water partition coefficient (Wildman–Crippen LogP) is 3.15. The summed E-state index contributed by atoms with van der Waals surface area (Å²) in [4.78, 5) is 4.34. The van der Waals surface area contributed by atoms with E-state index in [1.54, 1.807) is 6.07 Å². The fraction of sp³-hybridized carbons (Fsp3) is 0.727. The Kier molecular flexibility index (Phi) is 6.31. The second-order valence-electron chi connectivity index (χ2n) is 8.69. The zero-order valence-corrected chi connectivity index (χ0v) is 16.2. The van der Waals surface area contributed by atoms with Crippen molar-refractivity contribution in [2.24, 2.45) is 17.8 Å². The topological polar surface area (TPSA) is 35.9 Å². The summed E-state index contributed by atoms with van der Waals surface area (Å²) in [5.41, 5.74) is 0.682. The van der Waals surface area contributed by atoms with Crippen LogP contribution in [0.15, 0.2) is 24.3 Å². The molecule has 0 aromatic heterocycles. The summed E-state index contributed by atoms with van der Waals surface area (Å²) < 4.78 is 19.7. The molecule has 3 fully saturated rings. The quantitative estimate of drug-likeness (QED) is 0.707. The van der Waals surface area contributed by atoms with E-state index in [-0.39, 0.29) is 5.82 Å². The number of aliphatic hydroxyl groups excluding tert-OH is 1. The van der Waals surface area contributed by atoms with Gasteiger partial charge in [-0.05, 0) is 55.6 Å². The lowest BCUT2D eigenvalue weighted by molar-refractivity contribution is 0.0100. The first-order chi connectivity index (χ1) is 13.2. The van der Waals surface area contributed by atoms with Gasteiger partial charge in [0.05, 0.1) is 18.4 Å². The fourth-order valence-electron chi connectivity index (χ4n) is 5.41. The van der Waals surface area contributed by atoms with Crippen molar-refractivity contribution in [1.82, 2.24) is 4.90 Å². The van der Waals surface area contributed by atoms with Gasteiger partial charge in [0, 0.05) is 39.3 Å². The van der Waals surface area contributed by atoms with Crippen LogP contribution in [0.25, 0.3) is 0 Å². The van der Waals surface area contributed by atoms with Gasteiger partial charge in [-0.3, -0.25) is 4.90 Å². The standard InChI is InChI=1S/C22H33FN2O2/c23-21-3-1-2-4-22(21)25-10-8-24(9-11-25)15-20(26)16-27-12-7-19-14-17-5-6-18(19)13-17/h1-4,17-20,26H,5-16H2/t17-,18-,19-,20+/m1/s1. The van der Waals surface area contributed by atoms with Crippen molar-refractivity contribution >= 4 is 5.69 Å². The van der Waals surface area contributed by atoms with E-state index in [4.69, 9.17) is 4.74 Å². The molecule has 1 aromatic rings. The Morgan fingerprint density at radius 3 is 2.63 bits per heavy atom. The van der Waals surface area contributed by atoms with E-state index in [0.29, 0.717) is 18.8 Å². The molecule has 0 spiro atoms. The molecule has 4 nitrogen and oxygen atoms in total. The maximum absolute atomic E-state index is 13.9. The Morgan fingerprint density at radius 2 is 1.93 bits per heavy atom. The van der Waals surface area contributed by atoms with Gasteiger partial charge in [0.25, 0.3) is 0 Å². The molecule has 1 aliphatic heterocycles. The van der Waals surface area contributed by atoms with Crippen molar-refractivity contribution in [2.75, 3.05) is 50.8 Å². The smallest absolute Gasteiger partial charge is 0.146 e. The summed E-state index contributed by atoms with van der Waals surface area (Å²) >= 11 is 0. The molecule has 1 N–H and O–H groups in total. The molecular formula is C22H33FN2O2. The van der Waals surface area contributed by atoms with Crippen molar-refractivity contribution in [3.8, 4) is 0 Å². The minimum Gasteiger partial charge on any atom is -0.389 e. The van der Waals surface area contributed by atoms with E-state index in [1.165, 1.54) is 31.7 Å². The summed E-state index contributed by atoms with van der Waals surface area (Å²) in [6.45, 7) is 5.12. The maximum atomic E-state index is 13.9. The highest BCUT2D eigenvalue weighted by Gasteiger charge is 2.38. The number of hydrogen-bond acceptors (Lipinski definition) is 4.